The quantitative estimate of drug-likeness (QED) is 0.685. The van der Waals surface area contributed by atoms with Gasteiger partial charge in [-0.3, -0.25) is 4.79 Å². The normalized spacial score (nSPS) is 12.5. The number of carbonyl (C=O) groups is 1. The lowest BCUT2D eigenvalue weighted by atomic mass is 10.1. The number of rotatable bonds is 4. The lowest BCUT2D eigenvalue weighted by molar-refractivity contribution is 0.0918. The minimum absolute atomic E-state index is 0.182. The van der Waals surface area contributed by atoms with E-state index in [1.54, 1.807) is 12.1 Å². The number of benzene rings is 1. The van der Waals surface area contributed by atoms with E-state index in [1.165, 1.54) is 22.7 Å². The number of aryl methyl sites for hydroxylation is 1. The summed E-state index contributed by atoms with van der Waals surface area (Å²) in [4.78, 5) is 17.3. The van der Waals surface area contributed by atoms with E-state index in [0.717, 1.165) is 20.7 Å². The Morgan fingerprint density at radius 1 is 1.50 bits per heavy atom. The molecule has 0 aliphatic rings. The highest BCUT2D eigenvalue weighted by atomic mass is 32.1. The highest BCUT2D eigenvalue weighted by Crippen LogP contribution is 2.27. The first-order valence-corrected chi connectivity index (χ1v) is 8.40. The number of aliphatic hydroxyl groups excluding tert-OH is 1. The first kappa shape index (κ1) is 15.0. The molecular weight excluding hydrogens is 318 g/mol. The van der Waals surface area contributed by atoms with Crippen molar-refractivity contribution in [3.8, 4) is 0 Å². The van der Waals surface area contributed by atoms with Gasteiger partial charge >= 0.3 is 0 Å². The van der Waals surface area contributed by atoms with Crippen LogP contribution in [0.3, 0.4) is 0 Å². The molecule has 22 heavy (non-hydrogen) atoms. The van der Waals surface area contributed by atoms with Crippen LogP contribution in [-0.4, -0.2) is 22.5 Å². The molecule has 0 fully saturated rings. The van der Waals surface area contributed by atoms with E-state index < -0.39 is 6.10 Å². The van der Waals surface area contributed by atoms with Crippen LogP contribution in [0.2, 0.25) is 0 Å². The topological polar surface area (TPSA) is 88.2 Å². The van der Waals surface area contributed by atoms with Crippen LogP contribution in [0.4, 0.5) is 5.13 Å². The summed E-state index contributed by atoms with van der Waals surface area (Å²) in [5, 5.41) is 15.1. The Morgan fingerprint density at radius 2 is 2.32 bits per heavy atom. The van der Waals surface area contributed by atoms with Gasteiger partial charge < -0.3 is 16.2 Å². The van der Waals surface area contributed by atoms with E-state index in [9.17, 15) is 9.90 Å². The first-order chi connectivity index (χ1) is 10.5. The maximum Gasteiger partial charge on any atom is 0.251 e. The number of thiophene rings is 1. The number of hydrogen-bond acceptors (Lipinski definition) is 6. The van der Waals surface area contributed by atoms with Crippen molar-refractivity contribution in [2.24, 2.45) is 0 Å². The fourth-order valence-corrected chi connectivity index (χ4v) is 3.78. The fourth-order valence-electron chi connectivity index (χ4n) is 2.22. The summed E-state index contributed by atoms with van der Waals surface area (Å²) in [7, 11) is 0. The lowest BCUT2D eigenvalue weighted by Gasteiger charge is -2.10. The Balaban J connectivity index is 1.74. The van der Waals surface area contributed by atoms with Crippen LogP contribution in [0.25, 0.3) is 10.2 Å². The summed E-state index contributed by atoms with van der Waals surface area (Å²) < 4.78 is 0.890. The number of carbonyl (C=O) groups excluding carboxylic acids is 1. The van der Waals surface area contributed by atoms with Gasteiger partial charge in [0.05, 0.1) is 10.2 Å². The Labute approximate surface area is 135 Å². The second-order valence-electron chi connectivity index (χ2n) is 4.93. The number of aromatic nitrogens is 1. The molecule has 1 atom stereocenters. The molecule has 0 saturated carbocycles. The molecular formula is C15H15N3O2S2. The molecule has 0 aliphatic carbocycles. The maximum atomic E-state index is 12.3. The molecule has 0 spiro atoms. The van der Waals surface area contributed by atoms with Crippen molar-refractivity contribution < 1.29 is 9.90 Å². The number of nitrogen functional groups attached to an aromatic ring is 1. The predicted octanol–water partition coefficient (Wildman–Crippen LogP) is 2.71. The zero-order valence-corrected chi connectivity index (χ0v) is 13.5. The minimum atomic E-state index is -0.687. The molecule has 4 N–H and O–H groups in total. The van der Waals surface area contributed by atoms with Crippen molar-refractivity contribution in [3.63, 3.8) is 0 Å². The largest absolute Gasteiger partial charge is 0.386 e. The minimum Gasteiger partial charge on any atom is -0.386 e. The van der Waals surface area contributed by atoms with E-state index in [4.69, 9.17) is 5.73 Å². The number of nitrogens with two attached hydrogens (primary N) is 1. The molecule has 114 valence electrons. The number of nitrogens with one attached hydrogen (secondary N) is 1. The molecule has 0 saturated heterocycles. The highest BCUT2D eigenvalue weighted by Gasteiger charge is 2.14. The van der Waals surface area contributed by atoms with Crippen LogP contribution in [0.5, 0.6) is 0 Å². The van der Waals surface area contributed by atoms with Crippen LogP contribution in [0.15, 0.2) is 29.6 Å². The van der Waals surface area contributed by atoms with E-state index in [2.05, 4.69) is 10.3 Å². The third-order valence-corrected chi connectivity index (χ3v) is 5.10. The van der Waals surface area contributed by atoms with Crippen LogP contribution in [0, 0.1) is 6.92 Å². The lowest BCUT2D eigenvalue weighted by Crippen LogP contribution is -2.28. The Morgan fingerprint density at radius 3 is 3.05 bits per heavy atom. The zero-order valence-electron chi connectivity index (χ0n) is 11.9. The van der Waals surface area contributed by atoms with E-state index in [1.807, 2.05) is 24.4 Å². The van der Waals surface area contributed by atoms with Gasteiger partial charge in [-0.1, -0.05) is 17.4 Å². The number of nitrogens with zero attached hydrogens (tertiary/aromatic N) is 1. The number of hydrogen-bond donors (Lipinski definition) is 3. The van der Waals surface area contributed by atoms with Crippen LogP contribution in [-0.2, 0) is 0 Å². The van der Waals surface area contributed by atoms with Crippen molar-refractivity contribution in [2.45, 2.75) is 13.0 Å². The molecule has 1 amide bonds. The van der Waals surface area contributed by atoms with Gasteiger partial charge in [0.25, 0.3) is 5.91 Å². The summed E-state index contributed by atoms with van der Waals surface area (Å²) in [6.07, 6.45) is -0.687. The molecule has 1 aromatic carbocycles. The monoisotopic (exact) mass is 333 g/mol. The molecule has 0 bridgehead atoms. The van der Waals surface area contributed by atoms with Crippen molar-refractivity contribution in [1.82, 2.24) is 10.3 Å². The van der Waals surface area contributed by atoms with Gasteiger partial charge in [0, 0.05) is 17.0 Å². The fraction of sp³-hybridized carbons (Fsp3) is 0.200. The number of anilines is 1. The molecule has 0 aliphatic heterocycles. The zero-order chi connectivity index (χ0) is 15.7. The van der Waals surface area contributed by atoms with Gasteiger partial charge in [0.1, 0.15) is 6.10 Å². The molecule has 2 heterocycles. The Hall–Kier alpha value is -1.96. The molecule has 2 aromatic heterocycles. The average molecular weight is 333 g/mol. The number of fused-ring (bicyclic) bond motifs is 1. The van der Waals surface area contributed by atoms with Crippen molar-refractivity contribution in [3.05, 3.63) is 45.6 Å². The van der Waals surface area contributed by atoms with E-state index in [0.29, 0.717) is 10.7 Å². The molecule has 3 aromatic rings. The van der Waals surface area contributed by atoms with Crippen LogP contribution < -0.4 is 11.1 Å². The molecule has 5 nitrogen and oxygen atoms in total. The average Bonchev–Trinajstić information content (AvgIpc) is 3.13. The third kappa shape index (κ3) is 2.96. The standard InChI is InChI=1S/C15H15N3O2S2/c1-8-5-9(6-12-13(8)18-15(16)22-12)14(20)17-7-10(19)11-3-2-4-21-11/h2-6,10,19H,7H2,1H3,(H2,16,18)(H,17,20)/t10-/m0/s1. The van der Waals surface area contributed by atoms with Gasteiger partial charge in [-0.15, -0.1) is 11.3 Å². The summed E-state index contributed by atoms with van der Waals surface area (Å²) in [5.41, 5.74) is 8.00. The van der Waals surface area contributed by atoms with Gasteiger partial charge in [-0.05, 0) is 36.1 Å². The first-order valence-electron chi connectivity index (χ1n) is 6.71. The molecule has 7 heteroatoms. The van der Waals surface area contributed by atoms with Crippen molar-refractivity contribution in [2.75, 3.05) is 12.3 Å². The second-order valence-corrected chi connectivity index (χ2v) is 6.97. The Bertz CT molecular complexity index is 812. The number of amides is 1. The number of aliphatic hydroxyl groups is 1. The summed E-state index contributed by atoms with van der Waals surface area (Å²) in [5.74, 6) is -0.215. The molecule has 0 radical (unpaired) electrons. The van der Waals surface area contributed by atoms with E-state index in [-0.39, 0.29) is 12.5 Å². The van der Waals surface area contributed by atoms with Gasteiger partial charge in [-0.2, -0.15) is 0 Å². The molecule has 0 unspecified atom stereocenters. The molecule has 3 rings (SSSR count). The van der Waals surface area contributed by atoms with Gasteiger partial charge in [-0.25, -0.2) is 4.98 Å². The Kier molecular flexibility index (Phi) is 4.10. The summed E-state index contributed by atoms with van der Waals surface area (Å²) in [6.45, 7) is 2.08. The second kappa shape index (κ2) is 6.04. The highest BCUT2D eigenvalue weighted by molar-refractivity contribution is 7.22. The SMILES string of the molecule is Cc1cc(C(=O)NC[C@H](O)c2cccs2)cc2sc(N)nc12. The maximum absolute atomic E-state index is 12.3. The van der Waals surface area contributed by atoms with E-state index >= 15 is 0 Å². The van der Waals surface area contributed by atoms with Crippen LogP contribution in [0.1, 0.15) is 26.9 Å². The van der Waals surface area contributed by atoms with Crippen molar-refractivity contribution in [1.29, 1.82) is 0 Å². The smallest absolute Gasteiger partial charge is 0.251 e. The summed E-state index contributed by atoms with van der Waals surface area (Å²) in [6, 6.07) is 7.28. The number of thiazole rings is 1. The van der Waals surface area contributed by atoms with Gasteiger partial charge in [0.15, 0.2) is 5.13 Å². The van der Waals surface area contributed by atoms with Crippen molar-refractivity contribution >= 4 is 43.9 Å². The van der Waals surface area contributed by atoms with Crippen LogP contribution >= 0.6 is 22.7 Å². The third-order valence-electron chi connectivity index (χ3n) is 3.29. The predicted molar refractivity (Wildman–Crippen MR) is 90.4 cm³/mol. The van der Waals surface area contributed by atoms with Gasteiger partial charge in [0.2, 0.25) is 0 Å². The summed E-state index contributed by atoms with van der Waals surface area (Å²) >= 11 is 2.82.